The van der Waals surface area contributed by atoms with E-state index in [1.165, 1.54) is 11.1 Å². The molecule has 1 aliphatic heterocycles. The highest BCUT2D eigenvalue weighted by molar-refractivity contribution is 6.30. The number of carbonyl (C=O) groups excluding carboxylic acids is 1. The Balaban J connectivity index is 1.58. The molecule has 0 aromatic heterocycles. The SMILES string of the molecule is Cc1ccc(C(=O)N2CCN(Cc3ccc(Cl)cc3)CC2)c(C)c1. The van der Waals surface area contributed by atoms with Gasteiger partial charge < -0.3 is 4.90 Å². The molecule has 1 amide bonds. The van der Waals surface area contributed by atoms with Gasteiger partial charge in [-0.25, -0.2) is 0 Å². The molecule has 126 valence electrons. The number of piperazine rings is 1. The summed E-state index contributed by atoms with van der Waals surface area (Å²) < 4.78 is 0. The molecule has 4 heteroatoms. The normalized spacial score (nSPS) is 15.5. The predicted octanol–water partition coefficient (Wildman–Crippen LogP) is 3.91. The van der Waals surface area contributed by atoms with E-state index in [0.717, 1.165) is 48.9 Å². The molecule has 0 saturated carbocycles. The van der Waals surface area contributed by atoms with Crippen molar-refractivity contribution < 1.29 is 4.79 Å². The summed E-state index contributed by atoms with van der Waals surface area (Å²) in [6.07, 6.45) is 0. The van der Waals surface area contributed by atoms with Crippen LogP contribution in [0.25, 0.3) is 0 Å². The molecule has 1 saturated heterocycles. The molecular formula is C20H23ClN2O. The Hall–Kier alpha value is -1.84. The fourth-order valence-electron chi connectivity index (χ4n) is 3.18. The molecule has 0 bridgehead atoms. The average Bonchev–Trinajstić information content (AvgIpc) is 2.57. The molecule has 24 heavy (non-hydrogen) atoms. The third kappa shape index (κ3) is 3.97. The Bertz CT molecular complexity index is 719. The molecule has 3 nitrogen and oxygen atoms in total. The summed E-state index contributed by atoms with van der Waals surface area (Å²) in [7, 11) is 0. The van der Waals surface area contributed by atoms with Gasteiger partial charge in [-0.3, -0.25) is 9.69 Å². The van der Waals surface area contributed by atoms with Crippen LogP contribution in [-0.2, 0) is 6.54 Å². The van der Waals surface area contributed by atoms with E-state index in [4.69, 9.17) is 11.6 Å². The van der Waals surface area contributed by atoms with Crippen LogP contribution in [0.15, 0.2) is 42.5 Å². The van der Waals surface area contributed by atoms with Gasteiger partial charge in [-0.15, -0.1) is 0 Å². The number of rotatable bonds is 3. The topological polar surface area (TPSA) is 23.6 Å². The van der Waals surface area contributed by atoms with Crippen LogP contribution in [0.5, 0.6) is 0 Å². The second-order valence-corrected chi connectivity index (χ2v) is 6.95. The predicted molar refractivity (Wildman–Crippen MR) is 98.5 cm³/mol. The number of halogens is 1. The number of benzene rings is 2. The van der Waals surface area contributed by atoms with Crippen molar-refractivity contribution in [1.29, 1.82) is 0 Å². The van der Waals surface area contributed by atoms with Crippen molar-refractivity contribution in [2.24, 2.45) is 0 Å². The maximum atomic E-state index is 12.7. The molecule has 0 atom stereocenters. The number of carbonyl (C=O) groups is 1. The van der Waals surface area contributed by atoms with E-state index in [0.29, 0.717) is 0 Å². The number of hydrogen-bond donors (Lipinski definition) is 0. The van der Waals surface area contributed by atoms with Gasteiger partial charge in [0, 0.05) is 43.3 Å². The Morgan fingerprint density at radius 1 is 1.00 bits per heavy atom. The Morgan fingerprint density at radius 3 is 2.29 bits per heavy atom. The first-order valence-electron chi connectivity index (χ1n) is 8.36. The molecule has 1 aliphatic rings. The largest absolute Gasteiger partial charge is 0.336 e. The van der Waals surface area contributed by atoms with Gasteiger partial charge in [0.1, 0.15) is 0 Å². The molecule has 0 unspecified atom stereocenters. The first-order chi connectivity index (χ1) is 11.5. The average molecular weight is 343 g/mol. The van der Waals surface area contributed by atoms with Gasteiger partial charge in [0.05, 0.1) is 0 Å². The van der Waals surface area contributed by atoms with E-state index in [9.17, 15) is 4.79 Å². The van der Waals surface area contributed by atoms with Crippen LogP contribution in [-0.4, -0.2) is 41.9 Å². The van der Waals surface area contributed by atoms with Crippen LogP contribution in [0.4, 0.5) is 0 Å². The van der Waals surface area contributed by atoms with Gasteiger partial charge in [0.15, 0.2) is 0 Å². The van der Waals surface area contributed by atoms with Crippen LogP contribution in [0.2, 0.25) is 5.02 Å². The zero-order valence-electron chi connectivity index (χ0n) is 14.3. The molecule has 3 rings (SSSR count). The first-order valence-corrected chi connectivity index (χ1v) is 8.74. The van der Waals surface area contributed by atoms with Crippen molar-refractivity contribution in [3.05, 3.63) is 69.7 Å². The van der Waals surface area contributed by atoms with Crippen LogP contribution in [0.1, 0.15) is 27.0 Å². The highest BCUT2D eigenvalue weighted by Gasteiger charge is 2.23. The van der Waals surface area contributed by atoms with Crippen molar-refractivity contribution in [2.75, 3.05) is 26.2 Å². The Morgan fingerprint density at radius 2 is 1.67 bits per heavy atom. The van der Waals surface area contributed by atoms with Gasteiger partial charge in [0.25, 0.3) is 5.91 Å². The van der Waals surface area contributed by atoms with Crippen LogP contribution < -0.4 is 0 Å². The molecule has 0 N–H and O–H groups in total. The lowest BCUT2D eigenvalue weighted by molar-refractivity contribution is 0.0628. The van der Waals surface area contributed by atoms with Crippen molar-refractivity contribution in [3.63, 3.8) is 0 Å². The maximum Gasteiger partial charge on any atom is 0.254 e. The molecule has 2 aromatic rings. The van der Waals surface area contributed by atoms with Gasteiger partial charge in [-0.1, -0.05) is 41.4 Å². The standard InChI is InChI=1S/C20H23ClN2O/c1-15-3-8-19(16(2)13-15)20(24)23-11-9-22(10-12-23)14-17-4-6-18(21)7-5-17/h3-8,13H,9-12,14H2,1-2H3. The van der Waals surface area contributed by atoms with Crippen LogP contribution in [0.3, 0.4) is 0 Å². The lowest BCUT2D eigenvalue weighted by atomic mass is 10.0. The van der Waals surface area contributed by atoms with Crippen molar-refractivity contribution >= 4 is 17.5 Å². The zero-order chi connectivity index (χ0) is 17.1. The van der Waals surface area contributed by atoms with Gasteiger partial charge >= 0.3 is 0 Å². The molecule has 0 aliphatic carbocycles. The molecule has 2 aromatic carbocycles. The number of nitrogens with zero attached hydrogens (tertiary/aromatic N) is 2. The zero-order valence-corrected chi connectivity index (χ0v) is 15.0. The first kappa shape index (κ1) is 17.0. The minimum atomic E-state index is 0.152. The molecule has 0 radical (unpaired) electrons. The molecule has 1 fully saturated rings. The number of amides is 1. The summed E-state index contributed by atoms with van der Waals surface area (Å²) in [6.45, 7) is 8.33. The second-order valence-electron chi connectivity index (χ2n) is 6.51. The van der Waals surface area contributed by atoms with E-state index < -0.39 is 0 Å². The lowest BCUT2D eigenvalue weighted by Crippen LogP contribution is -2.48. The third-order valence-corrected chi connectivity index (χ3v) is 4.84. The van der Waals surface area contributed by atoms with Gasteiger partial charge in [0.2, 0.25) is 0 Å². The Kier molecular flexibility index (Phi) is 5.22. The van der Waals surface area contributed by atoms with Crippen LogP contribution in [0, 0.1) is 13.8 Å². The third-order valence-electron chi connectivity index (χ3n) is 4.59. The number of hydrogen-bond acceptors (Lipinski definition) is 2. The highest BCUT2D eigenvalue weighted by Crippen LogP contribution is 2.16. The summed E-state index contributed by atoms with van der Waals surface area (Å²) in [5.74, 6) is 0.152. The van der Waals surface area contributed by atoms with E-state index >= 15 is 0 Å². The van der Waals surface area contributed by atoms with E-state index in [1.807, 2.05) is 36.1 Å². The summed E-state index contributed by atoms with van der Waals surface area (Å²) in [5.41, 5.74) is 4.33. The van der Waals surface area contributed by atoms with Crippen molar-refractivity contribution in [2.45, 2.75) is 20.4 Å². The summed E-state index contributed by atoms with van der Waals surface area (Å²) in [5, 5.41) is 0.766. The van der Waals surface area contributed by atoms with Crippen LogP contribution >= 0.6 is 11.6 Å². The Labute approximate surface area is 148 Å². The van der Waals surface area contributed by atoms with E-state index in [-0.39, 0.29) is 5.91 Å². The quantitative estimate of drug-likeness (QED) is 0.844. The molecule has 1 heterocycles. The van der Waals surface area contributed by atoms with Gasteiger partial charge in [-0.05, 0) is 43.2 Å². The molecule has 0 spiro atoms. The van der Waals surface area contributed by atoms with E-state index in [2.05, 4.69) is 30.0 Å². The second kappa shape index (κ2) is 7.37. The van der Waals surface area contributed by atoms with Crippen molar-refractivity contribution in [3.8, 4) is 0 Å². The maximum absolute atomic E-state index is 12.7. The van der Waals surface area contributed by atoms with E-state index in [1.54, 1.807) is 0 Å². The fraction of sp³-hybridized carbons (Fsp3) is 0.350. The molecular weight excluding hydrogens is 320 g/mol. The summed E-state index contributed by atoms with van der Waals surface area (Å²) in [4.78, 5) is 17.1. The minimum Gasteiger partial charge on any atom is -0.336 e. The highest BCUT2D eigenvalue weighted by atomic mass is 35.5. The summed E-state index contributed by atoms with van der Waals surface area (Å²) in [6, 6.07) is 14.0. The monoisotopic (exact) mass is 342 g/mol. The summed E-state index contributed by atoms with van der Waals surface area (Å²) >= 11 is 5.93. The minimum absolute atomic E-state index is 0.152. The fourth-order valence-corrected chi connectivity index (χ4v) is 3.31. The smallest absolute Gasteiger partial charge is 0.254 e. The number of aryl methyl sites for hydroxylation is 2. The van der Waals surface area contributed by atoms with Gasteiger partial charge in [-0.2, -0.15) is 0 Å². The lowest BCUT2D eigenvalue weighted by Gasteiger charge is -2.35. The van der Waals surface area contributed by atoms with Crippen molar-refractivity contribution in [1.82, 2.24) is 9.80 Å².